The molecule has 3 aromatic rings. The van der Waals surface area contributed by atoms with E-state index in [1.165, 1.54) is 11.1 Å². The third-order valence-electron chi connectivity index (χ3n) is 7.81. The van der Waals surface area contributed by atoms with Gasteiger partial charge in [-0.2, -0.15) is 0 Å². The van der Waals surface area contributed by atoms with Gasteiger partial charge < -0.3 is 25.0 Å². The number of hydrogen-bond acceptors (Lipinski definition) is 7. The molecule has 14 heteroatoms. The Kier molecular flexibility index (Phi) is 12.1. The lowest BCUT2D eigenvalue weighted by Gasteiger charge is -2.38. The minimum Gasteiger partial charge on any atom is -0.487 e. The number of anilines is 1. The maximum atomic E-state index is 14.1. The number of amides is 2. The monoisotopic (exact) mass is 709 g/mol. The number of rotatable bonds is 15. The van der Waals surface area contributed by atoms with Gasteiger partial charge in [0.15, 0.2) is 5.75 Å². The summed E-state index contributed by atoms with van der Waals surface area (Å²) >= 11 is 19.0. The first-order valence-electron chi connectivity index (χ1n) is 15.4. The standard InChI is InChI=1S/C33H36Cl3F2N5O4/c1-20-12-26(35)32(27(36)13-20)47-11-10-46-30-7-5-24(15-41-30)43-28(16-40-18-31(43)44)33(45)42(23-3-4-23)19-22-14-21(2-6-25(22)34)8-9-39-17-29(37)38/h2,5-7,12-15,23,28-29,39-40H,3-4,8-11,16-19H2,1H3/t28-/m1/s1. The maximum absolute atomic E-state index is 14.1. The van der Waals surface area contributed by atoms with Crippen LogP contribution in [0.1, 0.15) is 29.5 Å². The zero-order chi connectivity index (χ0) is 33.5. The molecule has 1 saturated carbocycles. The van der Waals surface area contributed by atoms with Gasteiger partial charge in [-0.15, -0.1) is 0 Å². The fourth-order valence-corrected chi connectivity index (χ4v) is 6.28. The number of hydrogen-bond donors (Lipinski definition) is 2. The molecule has 0 unspecified atom stereocenters. The predicted molar refractivity (Wildman–Crippen MR) is 178 cm³/mol. The lowest BCUT2D eigenvalue weighted by Crippen LogP contribution is -2.61. The Morgan fingerprint density at radius 3 is 2.51 bits per heavy atom. The average molecular weight is 711 g/mol. The summed E-state index contributed by atoms with van der Waals surface area (Å²) in [6.07, 6.45) is 1.35. The van der Waals surface area contributed by atoms with Gasteiger partial charge in [0.05, 0.1) is 35.0 Å². The molecule has 2 heterocycles. The molecule has 0 radical (unpaired) electrons. The Morgan fingerprint density at radius 1 is 1.09 bits per heavy atom. The van der Waals surface area contributed by atoms with Crippen LogP contribution in [0.25, 0.3) is 0 Å². The zero-order valence-electron chi connectivity index (χ0n) is 25.8. The van der Waals surface area contributed by atoms with Crippen molar-refractivity contribution < 1.29 is 27.8 Å². The second-order valence-electron chi connectivity index (χ2n) is 11.5. The number of aryl methyl sites for hydroxylation is 1. The molecular weight excluding hydrogens is 675 g/mol. The van der Waals surface area contributed by atoms with Crippen LogP contribution in [-0.4, -0.2) is 79.6 Å². The molecular formula is C33H36Cl3F2N5O4. The van der Waals surface area contributed by atoms with Gasteiger partial charge in [0.1, 0.15) is 19.3 Å². The van der Waals surface area contributed by atoms with E-state index in [1.807, 2.05) is 19.1 Å². The van der Waals surface area contributed by atoms with Gasteiger partial charge in [-0.25, -0.2) is 13.8 Å². The van der Waals surface area contributed by atoms with Crippen LogP contribution in [0, 0.1) is 6.92 Å². The van der Waals surface area contributed by atoms with E-state index in [1.54, 1.807) is 35.2 Å². The van der Waals surface area contributed by atoms with Crippen molar-refractivity contribution in [1.82, 2.24) is 20.5 Å². The van der Waals surface area contributed by atoms with Gasteiger partial charge in [0.25, 0.3) is 6.43 Å². The molecule has 2 aliphatic rings. The van der Waals surface area contributed by atoms with Crippen LogP contribution in [0.2, 0.25) is 15.1 Å². The quantitative estimate of drug-likeness (QED) is 0.196. The Morgan fingerprint density at radius 2 is 1.83 bits per heavy atom. The van der Waals surface area contributed by atoms with E-state index < -0.39 is 12.5 Å². The first kappa shape index (κ1) is 35.1. The first-order chi connectivity index (χ1) is 22.6. The molecule has 9 nitrogen and oxygen atoms in total. The van der Waals surface area contributed by atoms with E-state index in [0.717, 1.165) is 29.5 Å². The fourth-order valence-electron chi connectivity index (χ4n) is 5.40. The summed E-state index contributed by atoms with van der Waals surface area (Å²) in [5, 5.41) is 7.14. The number of nitrogens with zero attached hydrogens (tertiary/aromatic N) is 3. The number of alkyl halides is 2. The zero-order valence-corrected chi connectivity index (χ0v) is 28.1. The number of pyridine rings is 1. The van der Waals surface area contributed by atoms with Crippen molar-refractivity contribution in [2.45, 2.75) is 51.2 Å². The fraction of sp³-hybridized carbons (Fsp3) is 0.424. The van der Waals surface area contributed by atoms with Crippen LogP contribution >= 0.6 is 34.8 Å². The second kappa shape index (κ2) is 16.3. The van der Waals surface area contributed by atoms with Gasteiger partial charge in [-0.05, 0) is 73.7 Å². The molecule has 0 bridgehead atoms. The second-order valence-corrected chi connectivity index (χ2v) is 12.7. The van der Waals surface area contributed by atoms with Crippen molar-refractivity contribution in [3.63, 3.8) is 0 Å². The molecule has 0 spiro atoms. The third-order valence-corrected chi connectivity index (χ3v) is 8.74. The molecule has 1 saturated heterocycles. The van der Waals surface area contributed by atoms with Gasteiger partial charge in [-0.1, -0.05) is 46.9 Å². The molecule has 1 aliphatic carbocycles. The summed E-state index contributed by atoms with van der Waals surface area (Å²) in [6, 6.07) is 11.6. The largest absolute Gasteiger partial charge is 0.487 e. The summed E-state index contributed by atoms with van der Waals surface area (Å²) < 4.78 is 36.4. The summed E-state index contributed by atoms with van der Waals surface area (Å²) in [5.41, 5.74) is 3.09. The van der Waals surface area contributed by atoms with E-state index in [9.17, 15) is 18.4 Å². The molecule has 2 N–H and O–H groups in total. The van der Waals surface area contributed by atoms with Crippen molar-refractivity contribution in [1.29, 1.82) is 0 Å². The minimum absolute atomic E-state index is 0.0367. The van der Waals surface area contributed by atoms with E-state index >= 15 is 0 Å². The Labute approximate surface area is 287 Å². The number of halogens is 5. The van der Waals surface area contributed by atoms with Crippen molar-refractivity contribution in [2.24, 2.45) is 0 Å². The van der Waals surface area contributed by atoms with Crippen LogP contribution in [0.4, 0.5) is 14.5 Å². The number of benzene rings is 2. The van der Waals surface area contributed by atoms with Crippen molar-refractivity contribution in [3.05, 3.63) is 80.4 Å². The Hall–Kier alpha value is -3.22. The Bertz CT molecular complexity index is 1540. The number of ether oxygens (including phenoxy) is 2. The molecule has 1 atom stereocenters. The SMILES string of the molecule is Cc1cc(Cl)c(OCCOc2ccc(N3C(=O)CNC[C@@H]3C(=O)N(Cc3cc(CCNCC(F)F)ccc3Cl)C3CC3)cn2)c(Cl)c1. The van der Waals surface area contributed by atoms with Crippen LogP contribution in [-0.2, 0) is 22.6 Å². The van der Waals surface area contributed by atoms with Gasteiger partial charge in [0, 0.05) is 30.2 Å². The summed E-state index contributed by atoms with van der Waals surface area (Å²) in [5.74, 6) is 0.257. The van der Waals surface area contributed by atoms with Crippen molar-refractivity contribution in [2.75, 3.05) is 44.3 Å². The maximum Gasteiger partial charge on any atom is 0.250 e. The van der Waals surface area contributed by atoms with Gasteiger partial charge in [-0.3, -0.25) is 14.5 Å². The lowest BCUT2D eigenvalue weighted by molar-refractivity contribution is -0.136. The molecule has 1 aliphatic heterocycles. The number of piperazine rings is 1. The highest BCUT2D eigenvalue weighted by molar-refractivity contribution is 6.37. The topological polar surface area (TPSA) is 96.0 Å². The highest BCUT2D eigenvalue weighted by atomic mass is 35.5. The number of aromatic nitrogens is 1. The molecule has 252 valence electrons. The van der Waals surface area contributed by atoms with Crippen LogP contribution in [0.15, 0.2) is 48.7 Å². The van der Waals surface area contributed by atoms with Gasteiger partial charge in [0.2, 0.25) is 17.7 Å². The van der Waals surface area contributed by atoms with Crippen LogP contribution in [0.3, 0.4) is 0 Å². The van der Waals surface area contributed by atoms with E-state index in [0.29, 0.717) is 45.4 Å². The molecule has 2 fully saturated rings. The summed E-state index contributed by atoms with van der Waals surface area (Å²) in [6.45, 7) is 2.89. The highest BCUT2D eigenvalue weighted by Gasteiger charge is 2.41. The summed E-state index contributed by atoms with van der Waals surface area (Å²) in [4.78, 5) is 34.9. The number of carbonyl (C=O) groups is 2. The lowest BCUT2D eigenvalue weighted by atomic mass is 10.1. The molecule has 2 aromatic carbocycles. The highest BCUT2D eigenvalue weighted by Crippen LogP contribution is 2.34. The Balaban J connectivity index is 1.23. The van der Waals surface area contributed by atoms with Crippen LogP contribution in [0.5, 0.6) is 11.6 Å². The normalized spacial score (nSPS) is 16.4. The number of nitrogens with one attached hydrogen (secondary N) is 2. The predicted octanol–water partition coefficient (Wildman–Crippen LogP) is 5.70. The van der Waals surface area contributed by atoms with Crippen molar-refractivity contribution in [3.8, 4) is 11.6 Å². The van der Waals surface area contributed by atoms with E-state index in [-0.39, 0.29) is 57.2 Å². The van der Waals surface area contributed by atoms with Crippen LogP contribution < -0.4 is 25.0 Å². The van der Waals surface area contributed by atoms with Gasteiger partial charge >= 0.3 is 0 Å². The van der Waals surface area contributed by atoms with E-state index in [2.05, 4.69) is 15.6 Å². The first-order valence-corrected chi connectivity index (χ1v) is 16.5. The third kappa shape index (κ3) is 9.45. The smallest absolute Gasteiger partial charge is 0.250 e. The minimum atomic E-state index is -2.41. The molecule has 2 amide bonds. The molecule has 5 rings (SSSR count). The average Bonchev–Trinajstić information content (AvgIpc) is 3.88. The van der Waals surface area contributed by atoms with Crippen molar-refractivity contribution >= 4 is 52.3 Å². The molecule has 47 heavy (non-hydrogen) atoms. The summed E-state index contributed by atoms with van der Waals surface area (Å²) in [7, 11) is 0. The molecule has 1 aromatic heterocycles. The number of carbonyl (C=O) groups excluding carboxylic acids is 2. The van der Waals surface area contributed by atoms with E-state index in [4.69, 9.17) is 44.3 Å².